The number of amides is 2. The molecule has 1 heterocycles. The van der Waals surface area contributed by atoms with Crippen molar-refractivity contribution in [3.63, 3.8) is 0 Å². The van der Waals surface area contributed by atoms with Gasteiger partial charge in [0.25, 0.3) is 0 Å². The number of rotatable bonds is 6. The number of carbonyl (C=O) groups is 2. The highest BCUT2D eigenvalue weighted by molar-refractivity contribution is 5.95. The Morgan fingerprint density at radius 3 is 2.64 bits per heavy atom. The zero-order valence-corrected chi connectivity index (χ0v) is 13.4. The molecule has 1 aromatic rings. The Hall–Kier alpha value is -1.79. The summed E-state index contributed by atoms with van der Waals surface area (Å²) in [5, 5.41) is 8.46. The molecule has 0 aliphatic carbocycles. The predicted molar refractivity (Wildman–Crippen MR) is 87.5 cm³/mol. The van der Waals surface area contributed by atoms with Gasteiger partial charge in [0.2, 0.25) is 11.8 Å². The molecule has 122 valence electrons. The minimum atomic E-state index is -0.245. The fraction of sp³-hybridized carbons (Fsp3) is 0.467. The molecular formula is C15H22ClN3O3. The van der Waals surface area contributed by atoms with Gasteiger partial charge in [-0.1, -0.05) is 0 Å². The lowest BCUT2D eigenvalue weighted by atomic mass is 10.2. The molecule has 0 saturated carbocycles. The van der Waals surface area contributed by atoms with E-state index in [1.165, 1.54) is 0 Å². The number of hydrogen-bond acceptors (Lipinski definition) is 4. The Balaban J connectivity index is 0.00000242. The maximum Gasteiger partial charge on any atom is 0.243 e. The molecule has 7 heteroatoms. The van der Waals surface area contributed by atoms with Crippen LogP contribution in [-0.2, 0) is 9.59 Å². The Morgan fingerprint density at radius 1 is 1.32 bits per heavy atom. The number of ether oxygens (including phenoxy) is 1. The van der Waals surface area contributed by atoms with Crippen molar-refractivity contribution in [2.45, 2.75) is 25.8 Å². The van der Waals surface area contributed by atoms with Crippen molar-refractivity contribution in [3.8, 4) is 5.75 Å². The summed E-state index contributed by atoms with van der Waals surface area (Å²) >= 11 is 0. The molecule has 1 unspecified atom stereocenters. The second kappa shape index (κ2) is 9.27. The van der Waals surface area contributed by atoms with Gasteiger partial charge in [-0.3, -0.25) is 9.59 Å². The van der Waals surface area contributed by atoms with E-state index in [0.29, 0.717) is 12.3 Å². The van der Waals surface area contributed by atoms with E-state index < -0.39 is 0 Å². The maximum atomic E-state index is 11.8. The van der Waals surface area contributed by atoms with E-state index >= 15 is 0 Å². The van der Waals surface area contributed by atoms with Gasteiger partial charge < -0.3 is 20.7 Å². The van der Waals surface area contributed by atoms with Crippen LogP contribution in [0.2, 0.25) is 0 Å². The molecule has 2 rings (SSSR count). The van der Waals surface area contributed by atoms with Crippen LogP contribution in [0, 0.1) is 0 Å². The van der Waals surface area contributed by atoms with Crippen LogP contribution in [0.3, 0.4) is 0 Å². The third-order valence-electron chi connectivity index (χ3n) is 3.25. The van der Waals surface area contributed by atoms with E-state index in [1.54, 1.807) is 24.3 Å². The average molecular weight is 328 g/mol. The molecule has 2 amide bonds. The van der Waals surface area contributed by atoms with Crippen LogP contribution in [0.25, 0.3) is 0 Å². The second-order valence-electron chi connectivity index (χ2n) is 4.87. The van der Waals surface area contributed by atoms with Crippen LogP contribution >= 0.6 is 12.4 Å². The number of nitrogens with one attached hydrogen (secondary N) is 3. The molecule has 22 heavy (non-hydrogen) atoms. The van der Waals surface area contributed by atoms with Crippen LogP contribution in [-0.4, -0.2) is 37.6 Å². The lowest BCUT2D eigenvalue weighted by molar-refractivity contribution is -0.125. The van der Waals surface area contributed by atoms with Gasteiger partial charge in [-0.25, -0.2) is 0 Å². The third kappa shape index (κ3) is 5.54. The van der Waals surface area contributed by atoms with Gasteiger partial charge in [-0.2, -0.15) is 0 Å². The number of benzene rings is 1. The molecule has 1 atom stereocenters. The van der Waals surface area contributed by atoms with Crippen molar-refractivity contribution in [1.82, 2.24) is 10.6 Å². The number of carbonyl (C=O) groups excluding carboxylic acids is 2. The van der Waals surface area contributed by atoms with Gasteiger partial charge in [0.1, 0.15) is 5.75 Å². The summed E-state index contributed by atoms with van der Waals surface area (Å²) in [5.74, 6) is 0.399. The lowest BCUT2D eigenvalue weighted by Crippen LogP contribution is -2.43. The van der Waals surface area contributed by atoms with Crippen LogP contribution in [0.15, 0.2) is 24.3 Å². The standard InChI is InChI=1S/C15H21N3O3.ClH/c1-2-21-12-7-5-11(6-8-12)18-14(19)10-17-15(20)13-4-3-9-16-13;/h5-8,13,16H,2-4,9-10H2,1H3,(H,17,20)(H,18,19);1H. The van der Waals surface area contributed by atoms with Gasteiger partial charge in [0.05, 0.1) is 19.2 Å². The average Bonchev–Trinajstić information content (AvgIpc) is 3.01. The van der Waals surface area contributed by atoms with Crippen molar-refractivity contribution < 1.29 is 14.3 Å². The van der Waals surface area contributed by atoms with Gasteiger partial charge >= 0.3 is 0 Å². The molecule has 0 aromatic heterocycles. The SMILES string of the molecule is CCOc1ccc(NC(=O)CNC(=O)C2CCCN2)cc1.Cl. The molecule has 0 radical (unpaired) electrons. The summed E-state index contributed by atoms with van der Waals surface area (Å²) in [6.45, 7) is 3.35. The van der Waals surface area contributed by atoms with E-state index in [9.17, 15) is 9.59 Å². The van der Waals surface area contributed by atoms with Crippen molar-refractivity contribution in [2.24, 2.45) is 0 Å². The van der Waals surface area contributed by atoms with Crippen molar-refractivity contribution in [3.05, 3.63) is 24.3 Å². The highest BCUT2D eigenvalue weighted by Gasteiger charge is 2.21. The third-order valence-corrected chi connectivity index (χ3v) is 3.25. The fourth-order valence-electron chi connectivity index (χ4n) is 2.21. The molecule has 1 aliphatic heterocycles. The summed E-state index contributed by atoms with van der Waals surface area (Å²) in [4.78, 5) is 23.5. The maximum absolute atomic E-state index is 11.8. The van der Waals surface area contributed by atoms with E-state index in [0.717, 1.165) is 25.1 Å². The minimum absolute atomic E-state index is 0. The zero-order valence-electron chi connectivity index (χ0n) is 12.6. The molecule has 0 spiro atoms. The van der Waals surface area contributed by atoms with Crippen molar-refractivity contribution in [1.29, 1.82) is 0 Å². The van der Waals surface area contributed by atoms with Gasteiger partial charge in [-0.15, -0.1) is 12.4 Å². The van der Waals surface area contributed by atoms with E-state index in [1.807, 2.05) is 6.92 Å². The highest BCUT2D eigenvalue weighted by atomic mass is 35.5. The molecule has 3 N–H and O–H groups in total. The van der Waals surface area contributed by atoms with Crippen LogP contribution in [0.5, 0.6) is 5.75 Å². The number of halogens is 1. The normalized spacial score (nSPS) is 16.5. The molecular weight excluding hydrogens is 306 g/mol. The summed E-state index contributed by atoms with van der Waals surface area (Å²) in [6.07, 6.45) is 1.82. The largest absolute Gasteiger partial charge is 0.494 e. The van der Waals surface area contributed by atoms with Crippen molar-refractivity contribution >= 4 is 29.9 Å². The monoisotopic (exact) mass is 327 g/mol. The molecule has 1 fully saturated rings. The molecule has 6 nitrogen and oxygen atoms in total. The van der Waals surface area contributed by atoms with Crippen LogP contribution < -0.4 is 20.7 Å². The highest BCUT2D eigenvalue weighted by Crippen LogP contribution is 2.15. The van der Waals surface area contributed by atoms with E-state index in [2.05, 4.69) is 16.0 Å². The van der Waals surface area contributed by atoms with Crippen LogP contribution in [0.4, 0.5) is 5.69 Å². The Bertz CT molecular complexity index is 487. The summed E-state index contributed by atoms with van der Waals surface area (Å²) in [6, 6.07) is 6.95. The molecule has 1 aliphatic rings. The summed E-state index contributed by atoms with van der Waals surface area (Å²) < 4.78 is 5.33. The Kier molecular flexibility index (Phi) is 7.70. The second-order valence-corrected chi connectivity index (χ2v) is 4.87. The Labute approximate surface area is 136 Å². The first-order valence-corrected chi connectivity index (χ1v) is 7.23. The van der Waals surface area contributed by atoms with E-state index in [-0.39, 0.29) is 36.8 Å². The smallest absolute Gasteiger partial charge is 0.243 e. The van der Waals surface area contributed by atoms with E-state index in [4.69, 9.17) is 4.74 Å². The lowest BCUT2D eigenvalue weighted by Gasteiger charge is -2.11. The zero-order chi connectivity index (χ0) is 15.1. The summed E-state index contributed by atoms with van der Waals surface area (Å²) in [5.41, 5.74) is 0.677. The topological polar surface area (TPSA) is 79.5 Å². The number of anilines is 1. The van der Waals surface area contributed by atoms with Gasteiger partial charge in [0, 0.05) is 5.69 Å². The Morgan fingerprint density at radius 2 is 2.05 bits per heavy atom. The van der Waals surface area contributed by atoms with Gasteiger partial charge in [-0.05, 0) is 50.6 Å². The first-order chi connectivity index (χ1) is 10.2. The minimum Gasteiger partial charge on any atom is -0.494 e. The molecule has 0 bridgehead atoms. The quantitative estimate of drug-likeness (QED) is 0.736. The van der Waals surface area contributed by atoms with Gasteiger partial charge in [0.15, 0.2) is 0 Å². The number of hydrogen-bond donors (Lipinski definition) is 3. The van der Waals surface area contributed by atoms with Crippen molar-refractivity contribution in [2.75, 3.05) is 25.0 Å². The predicted octanol–water partition coefficient (Wildman–Crippen LogP) is 1.31. The molecule has 1 saturated heterocycles. The molecule has 1 aromatic carbocycles. The van der Waals surface area contributed by atoms with Crippen LogP contribution in [0.1, 0.15) is 19.8 Å². The first-order valence-electron chi connectivity index (χ1n) is 7.23. The first kappa shape index (κ1) is 18.3. The summed E-state index contributed by atoms with van der Waals surface area (Å²) in [7, 11) is 0. The fourth-order valence-corrected chi connectivity index (χ4v) is 2.21.